The fraction of sp³-hybridized carbons (Fsp3) is 0.222. The third kappa shape index (κ3) is 5.09. The van der Waals surface area contributed by atoms with E-state index >= 15 is 0 Å². The van der Waals surface area contributed by atoms with Crippen molar-refractivity contribution in [1.82, 2.24) is 5.32 Å². The van der Waals surface area contributed by atoms with Gasteiger partial charge in [-0.1, -0.05) is 48.0 Å². The van der Waals surface area contributed by atoms with Gasteiger partial charge in [0.15, 0.2) is 0 Å². The van der Waals surface area contributed by atoms with Crippen molar-refractivity contribution in [3.8, 4) is 5.75 Å². The van der Waals surface area contributed by atoms with Crippen molar-refractivity contribution in [3.05, 3.63) is 89.5 Å². The number of carbonyl (C=O) groups excluding carboxylic acids is 3. The Balaban J connectivity index is 1.42. The van der Waals surface area contributed by atoms with Crippen LogP contribution in [0.3, 0.4) is 0 Å². The molecule has 4 rings (SSSR count). The lowest BCUT2D eigenvalue weighted by Crippen LogP contribution is -2.29. The van der Waals surface area contributed by atoms with Crippen molar-refractivity contribution in [3.63, 3.8) is 0 Å². The summed E-state index contributed by atoms with van der Waals surface area (Å²) in [5.41, 5.74) is 3.49. The van der Waals surface area contributed by atoms with Crippen LogP contribution < -0.4 is 20.3 Å². The molecule has 0 aromatic heterocycles. The Bertz CT molecular complexity index is 1210. The van der Waals surface area contributed by atoms with Crippen molar-refractivity contribution in [1.29, 1.82) is 0 Å². The van der Waals surface area contributed by atoms with E-state index in [0.29, 0.717) is 23.5 Å². The summed E-state index contributed by atoms with van der Waals surface area (Å²) in [7, 11) is 1.58. The van der Waals surface area contributed by atoms with E-state index in [4.69, 9.17) is 4.74 Å². The maximum absolute atomic E-state index is 13.0. The standard InChI is InChI=1S/C27H27N3O4/c1-18-11-13-21(14-12-18)30-17-20(15-25(30)31)26(32)29-23-9-5-4-8-22(23)27(33)28-16-19-7-3-6-10-24(19)34-2/h3-14,20H,15-17H2,1-2H3,(H,28,33)(H,29,32)/t20-/m1/s1. The summed E-state index contributed by atoms with van der Waals surface area (Å²) in [6, 6.07) is 21.9. The average molecular weight is 458 g/mol. The molecular weight excluding hydrogens is 430 g/mol. The predicted molar refractivity (Wildman–Crippen MR) is 131 cm³/mol. The Morgan fingerprint density at radius 3 is 2.47 bits per heavy atom. The van der Waals surface area contributed by atoms with Crippen LogP contribution in [0.2, 0.25) is 0 Å². The number of hydrogen-bond donors (Lipinski definition) is 2. The van der Waals surface area contributed by atoms with Crippen LogP contribution in [0.4, 0.5) is 11.4 Å². The number of carbonyl (C=O) groups is 3. The summed E-state index contributed by atoms with van der Waals surface area (Å²) in [4.78, 5) is 40.1. The zero-order valence-corrected chi connectivity index (χ0v) is 19.2. The topological polar surface area (TPSA) is 87.7 Å². The lowest BCUT2D eigenvalue weighted by atomic mass is 10.1. The van der Waals surface area contributed by atoms with Crippen molar-refractivity contribution < 1.29 is 19.1 Å². The molecule has 3 amide bonds. The molecule has 0 radical (unpaired) electrons. The Hall–Kier alpha value is -4.13. The highest BCUT2D eigenvalue weighted by Gasteiger charge is 2.35. The number of nitrogens with one attached hydrogen (secondary N) is 2. The monoisotopic (exact) mass is 457 g/mol. The molecule has 0 unspecified atom stereocenters. The van der Waals surface area contributed by atoms with E-state index in [0.717, 1.165) is 16.8 Å². The molecular formula is C27H27N3O4. The second-order valence-electron chi connectivity index (χ2n) is 8.27. The average Bonchev–Trinajstić information content (AvgIpc) is 3.25. The minimum Gasteiger partial charge on any atom is -0.496 e. The molecule has 0 saturated carbocycles. The number of ether oxygens (including phenoxy) is 1. The first-order valence-electron chi connectivity index (χ1n) is 11.1. The molecule has 1 fully saturated rings. The minimum atomic E-state index is -0.501. The number of benzene rings is 3. The highest BCUT2D eigenvalue weighted by molar-refractivity contribution is 6.07. The van der Waals surface area contributed by atoms with E-state index < -0.39 is 5.92 Å². The lowest BCUT2D eigenvalue weighted by molar-refractivity contribution is -0.122. The van der Waals surface area contributed by atoms with Gasteiger partial charge in [-0.2, -0.15) is 0 Å². The van der Waals surface area contributed by atoms with Gasteiger partial charge in [-0.25, -0.2) is 0 Å². The van der Waals surface area contributed by atoms with Gasteiger partial charge >= 0.3 is 0 Å². The van der Waals surface area contributed by atoms with Crippen LogP contribution in [0.5, 0.6) is 5.75 Å². The molecule has 1 saturated heterocycles. The van der Waals surface area contributed by atoms with Crippen molar-refractivity contribution in [2.45, 2.75) is 19.9 Å². The summed E-state index contributed by atoms with van der Waals surface area (Å²) in [5, 5.41) is 5.73. The van der Waals surface area contributed by atoms with E-state index in [1.54, 1.807) is 36.3 Å². The number of para-hydroxylation sites is 2. The van der Waals surface area contributed by atoms with Gasteiger partial charge in [-0.3, -0.25) is 14.4 Å². The maximum Gasteiger partial charge on any atom is 0.253 e. The van der Waals surface area contributed by atoms with Crippen LogP contribution in [-0.4, -0.2) is 31.4 Å². The van der Waals surface area contributed by atoms with Crippen LogP contribution in [-0.2, 0) is 16.1 Å². The molecule has 1 aliphatic heterocycles. The third-order valence-electron chi connectivity index (χ3n) is 5.90. The Kier molecular flexibility index (Phi) is 6.92. The van der Waals surface area contributed by atoms with Gasteiger partial charge in [-0.15, -0.1) is 0 Å². The van der Waals surface area contributed by atoms with Gasteiger partial charge in [0.2, 0.25) is 11.8 Å². The zero-order chi connectivity index (χ0) is 24.1. The van der Waals surface area contributed by atoms with Crippen molar-refractivity contribution in [2.75, 3.05) is 23.9 Å². The smallest absolute Gasteiger partial charge is 0.253 e. The molecule has 0 spiro atoms. The number of hydrogen-bond acceptors (Lipinski definition) is 4. The summed E-state index contributed by atoms with van der Waals surface area (Å²) in [6.45, 7) is 2.57. The fourth-order valence-electron chi connectivity index (χ4n) is 4.00. The molecule has 7 heteroatoms. The lowest BCUT2D eigenvalue weighted by Gasteiger charge is -2.17. The molecule has 7 nitrogen and oxygen atoms in total. The van der Waals surface area contributed by atoms with Gasteiger partial charge in [0.1, 0.15) is 5.75 Å². The normalized spacial score (nSPS) is 15.2. The maximum atomic E-state index is 13.0. The molecule has 3 aromatic rings. The summed E-state index contributed by atoms with van der Waals surface area (Å²) >= 11 is 0. The van der Waals surface area contributed by atoms with E-state index in [1.165, 1.54) is 0 Å². The Labute approximate surface area is 198 Å². The van der Waals surface area contributed by atoms with Gasteiger partial charge in [0, 0.05) is 30.8 Å². The number of methoxy groups -OCH3 is 1. The van der Waals surface area contributed by atoms with Gasteiger partial charge < -0.3 is 20.3 Å². The molecule has 0 bridgehead atoms. The molecule has 1 heterocycles. The Morgan fingerprint density at radius 2 is 1.71 bits per heavy atom. The second kappa shape index (κ2) is 10.2. The van der Waals surface area contributed by atoms with Gasteiger partial charge in [-0.05, 0) is 37.3 Å². The van der Waals surface area contributed by atoms with Crippen LogP contribution in [0.25, 0.3) is 0 Å². The summed E-state index contributed by atoms with van der Waals surface area (Å²) < 4.78 is 5.33. The second-order valence-corrected chi connectivity index (χ2v) is 8.27. The van der Waals surface area contributed by atoms with Crippen molar-refractivity contribution >= 4 is 29.1 Å². The Morgan fingerprint density at radius 1 is 1.00 bits per heavy atom. The van der Waals surface area contributed by atoms with Crippen LogP contribution in [0.15, 0.2) is 72.8 Å². The molecule has 34 heavy (non-hydrogen) atoms. The highest BCUT2D eigenvalue weighted by atomic mass is 16.5. The van der Waals surface area contributed by atoms with Gasteiger partial charge in [0.05, 0.1) is 24.3 Å². The molecule has 174 valence electrons. The summed E-state index contributed by atoms with van der Waals surface area (Å²) in [6.07, 6.45) is 0.127. The quantitative estimate of drug-likeness (QED) is 0.563. The zero-order valence-electron chi connectivity index (χ0n) is 19.2. The van der Waals surface area contributed by atoms with Gasteiger partial charge in [0.25, 0.3) is 5.91 Å². The summed E-state index contributed by atoms with van der Waals surface area (Å²) in [5.74, 6) is -0.503. The van der Waals surface area contributed by atoms with E-state index in [9.17, 15) is 14.4 Å². The van der Waals surface area contributed by atoms with Crippen LogP contribution in [0.1, 0.15) is 27.9 Å². The predicted octanol–water partition coefficient (Wildman–Crippen LogP) is 3.93. The number of aryl methyl sites for hydroxylation is 1. The first kappa shape index (κ1) is 23.0. The van der Waals surface area contributed by atoms with E-state index in [1.807, 2.05) is 55.5 Å². The third-order valence-corrected chi connectivity index (χ3v) is 5.90. The van der Waals surface area contributed by atoms with Crippen molar-refractivity contribution in [2.24, 2.45) is 5.92 Å². The molecule has 3 aromatic carbocycles. The highest BCUT2D eigenvalue weighted by Crippen LogP contribution is 2.27. The first-order chi connectivity index (χ1) is 16.5. The van der Waals surface area contributed by atoms with Crippen LogP contribution >= 0.6 is 0 Å². The SMILES string of the molecule is COc1ccccc1CNC(=O)c1ccccc1NC(=O)[C@@H]1CC(=O)N(c2ccc(C)cc2)C1. The largest absolute Gasteiger partial charge is 0.496 e. The molecule has 1 aliphatic rings. The number of anilines is 2. The number of rotatable bonds is 7. The molecule has 0 aliphatic carbocycles. The molecule has 1 atom stereocenters. The van der Waals surface area contributed by atoms with E-state index in [2.05, 4.69) is 10.6 Å². The van der Waals surface area contributed by atoms with E-state index in [-0.39, 0.29) is 30.7 Å². The first-order valence-corrected chi connectivity index (χ1v) is 11.1. The molecule has 2 N–H and O–H groups in total. The number of nitrogens with zero attached hydrogens (tertiary/aromatic N) is 1. The number of amides is 3. The van der Waals surface area contributed by atoms with Crippen LogP contribution in [0, 0.1) is 12.8 Å². The fourth-order valence-corrected chi connectivity index (χ4v) is 4.00. The minimum absolute atomic E-state index is 0.0909.